The molecule has 1 aliphatic heterocycles. The molecule has 54 valence electrons. The van der Waals surface area contributed by atoms with Crippen molar-refractivity contribution in [2.75, 3.05) is 5.75 Å². The first-order chi connectivity index (χ1) is 4.88. The molecule has 2 rings (SSSR count). The van der Waals surface area contributed by atoms with E-state index in [0.717, 1.165) is 16.8 Å². The van der Waals surface area contributed by atoms with Gasteiger partial charge in [-0.05, 0) is 28.1 Å². The van der Waals surface area contributed by atoms with Gasteiger partial charge in [0.05, 0.1) is 0 Å². The molecule has 0 atom stereocenters. The molecule has 0 bridgehead atoms. The molecule has 0 fully saturated rings. The van der Waals surface area contributed by atoms with Gasteiger partial charge in [-0.15, -0.1) is 0 Å². The van der Waals surface area contributed by atoms with Gasteiger partial charge in [0, 0.05) is 17.0 Å². The Kier molecular flexibility index (Phi) is 1.74. The van der Waals surface area contributed by atoms with Gasteiger partial charge >= 0.3 is 0 Å². The average molecular weight is 219 g/mol. The van der Waals surface area contributed by atoms with Crippen molar-refractivity contribution in [3.05, 3.63) is 15.9 Å². The first-order valence-corrected chi connectivity index (χ1v) is 5.12. The van der Waals surface area contributed by atoms with Crippen LogP contribution in [-0.2, 0) is 12.2 Å². The van der Waals surface area contributed by atoms with Crippen LogP contribution in [0.15, 0.2) is 4.60 Å². The summed E-state index contributed by atoms with van der Waals surface area (Å²) in [5, 5.41) is 7.09. The molecular weight excluding hydrogens is 212 g/mol. The van der Waals surface area contributed by atoms with Gasteiger partial charge in [-0.2, -0.15) is 16.9 Å². The molecule has 4 heteroatoms. The highest BCUT2D eigenvalue weighted by Crippen LogP contribution is 2.27. The molecule has 0 aromatic carbocycles. The molecule has 0 amide bonds. The number of nitrogens with one attached hydrogen (secondary N) is 1. The highest BCUT2D eigenvalue weighted by atomic mass is 79.9. The number of hydrogen-bond acceptors (Lipinski definition) is 2. The second-order valence-corrected chi connectivity index (χ2v) is 4.13. The van der Waals surface area contributed by atoms with E-state index in [9.17, 15) is 0 Å². The van der Waals surface area contributed by atoms with Crippen LogP contribution in [0.3, 0.4) is 0 Å². The van der Waals surface area contributed by atoms with Gasteiger partial charge < -0.3 is 0 Å². The molecule has 1 N–H and O–H groups in total. The van der Waals surface area contributed by atoms with E-state index >= 15 is 0 Å². The Hall–Kier alpha value is 0.0400. The normalized spacial score (nSPS) is 16.9. The van der Waals surface area contributed by atoms with Gasteiger partial charge in [0.2, 0.25) is 0 Å². The van der Waals surface area contributed by atoms with Gasteiger partial charge in [-0.3, -0.25) is 5.10 Å². The van der Waals surface area contributed by atoms with Gasteiger partial charge in [0.1, 0.15) is 4.60 Å². The summed E-state index contributed by atoms with van der Waals surface area (Å²) in [6.07, 6.45) is 1.14. The predicted molar refractivity (Wildman–Crippen MR) is 46.2 cm³/mol. The van der Waals surface area contributed by atoms with Crippen molar-refractivity contribution in [1.82, 2.24) is 10.2 Å². The van der Waals surface area contributed by atoms with E-state index in [1.807, 2.05) is 11.8 Å². The van der Waals surface area contributed by atoms with Crippen molar-refractivity contribution in [2.45, 2.75) is 12.2 Å². The summed E-state index contributed by atoms with van der Waals surface area (Å²) >= 11 is 5.36. The molecule has 0 saturated heterocycles. The number of rotatable bonds is 0. The second-order valence-electron chi connectivity index (χ2n) is 2.27. The smallest absolute Gasteiger partial charge is 0.132 e. The molecular formula is C6H7BrN2S. The van der Waals surface area contributed by atoms with Crippen LogP contribution in [-0.4, -0.2) is 16.0 Å². The highest BCUT2D eigenvalue weighted by Gasteiger charge is 2.14. The number of aryl methyl sites for hydroxylation is 1. The van der Waals surface area contributed by atoms with Crippen LogP contribution in [0.2, 0.25) is 0 Å². The number of fused-ring (bicyclic) bond motifs is 1. The number of aromatic amines is 1. The lowest BCUT2D eigenvalue weighted by Gasteiger charge is -2.08. The highest BCUT2D eigenvalue weighted by molar-refractivity contribution is 9.10. The van der Waals surface area contributed by atoms with Crippen molar-refractivity contribution in [2.24, 2.45) is 0 Å². The summed E-state index contributed by atoms with van der Waals surface area (Å²) in [6.45, 7) is 0. The minimum atomic E-state index is 0.995. The Labute approximate surface area is 71.9 Å². The molecule has 2 heterocycles. The van der Waals surface area contributed by atoms with Crippen LogP contribution in [0, 0.1) is 0 Å². The number of halogens is 1. The van der Waals surface area contributed by atoms with Crippen LogP contribution in [0.1, 0.15) is 11.3 Å². The van der Waals surface area contributed by atoms with E-state index in [-0.39, 0.29) is 0 Å². The SMILES string of the molecule is Brc1n[nH]c2c1CSCC2. The Balaban J connectivity index is 2.45. The van der Waals surface area contributed by atoms with E-state index in [1.165, 1.54) is 17.0 Å². The summed E-state index contributed by atoms with van der Waals surface area (Å²) in [6, 6.07) is 0. The third-order valence-electron chi connectivity index (χ3n) is 1.65. The van der Waals surface area contributed by atoms with Crippen molar-refractivity contribution in [1.29, 1.82) is 0 Å². The lowest BCUT2D eigenvalue weighted by Crippen LogP contribution is -2.00. The van der Waals surface area contributed by atoms with Crippen molar-refractivity contribution in [3.8, 4) is 0 Å². The Morgan fingerprint density at radius 3 is 3.30 bits per heavy atom. The zero-order valence-corrected chi connectivity index (χ0v) is 7.76. The molecule has 1 aliphatic rings. The van der Waals surface area contributed by atoms with E-state index in [0.29, 0.717) is 0 Å². The van der Waals surface area contributed by atoms with Crippen molar-refractivity contribution >= 4 is 27.7 Å². The minimum absolute atomic E-state index is 0.995. The van der Waals surface area contributed by atoms with Gasteiger partial charge in [0.15, 0.2) is 0 Å². The third kappa shape index (κ3) is 0.992. The number of nitrogens with zero attached hydrogens (tertiary/aromatic N) is 1. The maximum atomic E-state index is 4.08. The standard InChI is InChI=1S/C6H7BrN2S/c7-6-4-3-10-2-1-5(4)8-9-6/h1-3H2,(H,8,9). The fourth-order valence-corrected chi connectivity index (χ4v) is 2.74. The lowest BCUT2D eigenvalue weighted by molar-refractivity contribution is 0.962. The summed E-state index contributed by atoms with van der Waals surface area (Å²) in [5.74, 6) is 2.33. The number of aromatic nitrogens is 2. The van der Waals surface area contributed by atoms with E-state index in [4.69, 9.17) is 0 Å². The zero-order valence-electron chi connectivity index (χ0n) is 5.35. The quantitative estimate of drug-likeness (QED) is 0.722. The monoisotopic (exact) mass is 218 g/mol. The Morgan fingerprint density at radius 2 is 2.50 bits per heavy atom. The van der Waals surface area contributed by atoms with Crippen LogP contribution in [0.5, 0.6) is 0 Å². The van der Waals surface area contributed by atoms with Crippen LogP contribution < -0.4 is 0 Å². The molecule has 0 spiro atoms. The first-order valence-electron chi connectivity index (χ1n) is 3.17. The topological polar surface area (TPSA) is 28.7 Å². The molecule has 10 heavy (non-hydrogen) atoms. The molecule has 0 radical (unpaired) electrons. The first kappa shape index (κ1) is 6.73. The summed E-state index contributed by atoms with van der Waals surface area (Å²) in [7, 11) is 0. The molecule has 1 aromatic heterocycles. The predicted octanol–water partition coefficient (Wildman–Crippen LogP) is 1.96. The van der Waals surface area contributed by atoms with Crippen LogP contribution in [0.25, 0.3) is 0 Å². The maximum absolute atomic E-state index is 4.08. The zero-order chi connectivity index (χ0) is 6.97. The Morgan fingerprint density at radius 1 is 1.60 bits per heavy atom. The average Bonchev–Trinajstić information content (AvgIpc) is 2.34. The number of H-pyrrole nitrogens is 1. The fraction of sp³-hybridized carbons (Fsp3) is 0.500. The molecule has 2 nitrogen and oxygen atoms in total. The molecule has 0 unspecified atom stereocenters. The van der Waals surface area contributed by atoms with Crippen LogP contribution >= 0.6 is 27.7 Å². The van der Waals surface area contributed by atoms with Crippen molar-refractivity contribution < 1.29 is 0 Å². The number of thioether (sulfide) groups is 1. The molecule has 0 aliphatic carbocycles. The fourth-order valence-electron chi connectivity index (χ4n) is 1.08. The summed E-state index contributed by atoms with van der Waals surface area (Å²) < 4.78 is 0.995. The Bertz CT molecular complexity index is 246. The number of hydrogen-bond donors (Lipinski definition) is 1. The third-order valence-corrected chi connectivity index (χ3v) is 3.29. The molecule has 1 aromatic rings. The van der Waals surface area contributed by atoms with E-state index < -0.39 is 0 Å². The van der Waals surface area contributed by atoms with Gasteiger partial charge in [-0.1, -0.05) is 0 Å². The maximum Gasteiger partial charge on any atom is 0.132 e. The molecule has 0 saturated carbocycles. The van der Waals surface area contributed by atoms with Gasteiger partial charge in [0.25, 0.3) is 0 Å². The van der Waals surface area contributed by atoms with Crippen LogP contribution in [0.4, 0.5) is 0 Å². The lowest BCUT2D eigenvalue weighted by atomic mass is 10.2. The summed E-state index contributed by atoms with van der Waals surface area (Å²) in [5.41, 5.74) is 2.67. The summed E-state index contributed by atoms with van der Waals surface area (Å²) in [4.78, 5) is 0. The van der Waals surface area contributed by atoms with Gasteiger partial charge in [-0.25, -0.2) is 0 Å². The largest absolute Gasteiger partial charge is 0.281 e. The minimum Gasteiger partial charge on any atom is -0.281 e. The second kappa shape index (κ2) is 2.58. The van der Waals surface area contributed by atoms with E-state index in [1.54, 1.807) is 0 Å². The van der Waals surface area contributed by atoms with E-state index in [2.05, 4.69) is 26.1 Å². The van der Waals surface area contributed by atoms with Crippen molar-refractivity contribution in [3.63, 3.8) is 0 Å².